The maximum atomic E-state index is 13.7. The molecule has 4 rings (SSSR count). The molecule has 37 heavy (non-hydrogen) atoms. The van der Waals surface area contributed by atoms with Crippen LogP contribution in [0.4, 0.5) is 0 Å². The van der Waals surface area contributed by atoms with Gasteiger partial charge < -0.3 is 18.9 Å². The van der Waals surface area contributed by atoms with E-state index in [0.29, 0.717) is 52.0 Å². The fourth-order valence-electron chi connectivity index (χ4n) is 3.99. The number of benzene rings is 2. The fourth-order valence-corrected chi connectivity index (χ4v) is 4.96. The standard InChI is InChI=1S/C28H28N2O6S/c1-5-13-36-20-10-8-9-18(14-20)15-24-26(31)30-25(21(27(32)33-4)17-29-28(30)37-24)19-11-12-22(34-6-2)23(16-19)35-7-3/h5,8-12,14-17,25H,1,6-7,13H2,2-4H3/b24-15+/t25-/m0/s1. The van der Waals surface area contributed by atoms with Crippen LogP contribution in [-0.2, 0) is 9.53 Å². The molecule has 0 N–H and O–H groups in total. The molecule has 0 saturated heterocycles. The van der Waals surface area contributed by atoms with Gasteiger partial charge in [-0.1, -0.05) is 42.2 Å². The van der Waals surface area contributed by atoms with Gasteiger partial charge in [0.15, 0.2) is 16.3 Å². The van der Waals surface area contributed by atoms with Gasteiger partial charge in [0.2, 0.25) is 0 Å². The van der Waals surface area contributed by atoms with E-state index < -0.39 is 12.0 Å². The maximum Gasteiger partial charge on any atom is 0.337 e. The van der Waals surface area contributed by atoms with E-state index in [1.807, 2.05) is 44.2 Å². The first-order chi connectivity index (χ1) is 18.0. The number of carbonyl (C=O) groups is 1. The molecule has 192 valence electrons. The van der Waals surface area contributed by atoms with Crippen molar-refractivity contribution in [3.8, 4) is 17.2 Å². The molecule has 0 spiro atoms. The first-order valence-corrected chi connectivity index (χ1v) is 12.6. The second kappa shape index (κ2) is 11.7. The molecular weight excluding hydrogens is 492 g/mol. The van der Waals surface area contributed by atoms with E-state index in [2.05, 4.69) is 11.6 Å². The monoisotopic (exact) mass is 520 g/mol. The Morgan fingerprint density at radius 2 is 1.89 bits per heavy atom. The highest BCUT2D eigenvalue weighted by atomic mass is 32.1. The molecule has 0 radical (unpaired) electrons. The normalized spacial score (nSPS) is 14.7. The number of aromatic nitrogens is 1. The van der Waals surface area contributed by atoms with Gasteiger partial charge in [0, 0.05) is 6.20 Å². The molecule has 0 fully saturated rings. The minimum absolute atomic E-state index is 0.243. The van der Waals surface area contributed by atoms with Crippen molar-refractivity contribution in [3.05, 3.63) is 97.7 Å². The van der Waals surface area contributed by atoms with Crippen LogP contribution in [0.2, 0.25) is 0 Å². The summed E-state index contributed by atoms with van der Waals surface area (Å²) in [6.07, 6.45) is 4.92. The van der Waals surface area contributed by atoms with Crippen molar-refractivity contribution in [2.45, 2.75) is 19.9 Å². The molecule has 1 aliphatic rings. The number of nitrogens with zero attached hydrogens (tertiary/aromatic N) is 2. The molecule has 1 aliphatic heterocycles. The Morgan fingerprint density at radius 1 is 1.11 bits per heavy atom. The van der Waals surface area contributed by atoms with Crippen molar-refractivity contribution in [2.75, 3.05) is 26.9 Å². The van der Waals surface area contributed by atoms with Crippen LogP contribution in [0, 0.1) is 0 Å². The van der Waals surface area contributed by atoms with Crippen molar-refractivity contribution in [3.63, 3.8) is 0 Å². The summed E-state index contributed by atoms with van der Waals surface area (Å²) in [5.41, 5.74) is 1.45. The van der Waals surface area contributed by atoms with Gasteiger partial charge in [-0.05, 0) is 55.3 Å². The van der Waals surface area contributed by atoms with Crippen molar-refractivity contribution >= 4 is 23.4 Å². The van der Waals surface area contributed by atoms with Crippen molar-refractivity contribution in [1.29, 1.82) is 0 Å². The van der Waals surface area contributed by atoms with Crippen LogP contribution in [0.15, 0.2) is 76.7 Å². The number of fused-ring (bicyclic) bond motifs is 1. The number of hydrogen-bond donors (Lipinski definition) is 0. The summed E-state index contributed by atoms with van der Waals surface area (Å²) in [5.74, 6) is 1.22. The zero-order valence-corrected chi connectivity index (χ0v) is 21.7. The number of ether oxygens (including phenoxy) is 4. The third kappa shape index (κ3) is 5.51. The molecule has 0 saturated carbocycles. The summed E-state index contributed by atoms with van der Waals surface area (Å²) in [6.45, 7) is 8.72. The van der Waals surface area contributed by atoms with Gasteiger partial charge in [-0.25, -0.2) is 9.79 Å². The van der Waals surface area contributed by atoms with Gasteiger partial charge in [-0.15, -0.1) is 0 Å². The van der Waals surface area contributed by atoms with E-state index in [0.717, 1.165) is 5.56 Å². The second-order valence-corrected chi connectivity index (χ2v) is 8.93. The highest BCUT2D eigenvalue weighted by Gasteiger charge is 2.31. The lowest BCUT2D eigenvalue weighted by molar-refractivity contribution is -0.136. The maximum absolute atomic E-state index is 13.7. The number of esters is 1. The summed E-state index contributed by atoms with van der Waals surface area (Å²) >= 11 is 1.24. The number of methoxy groups -OCH3 is 1. The van der Waals surface area contributed by atoms with Gasteiger partial charge in [-0.3, -0.25) is 9.36 Å². The van der Waals surface area contributed by atoms with Gasteiger partial charge in [0.05, 0.1) is 36.5 Å². The Hall–Kier alpha value is -4.11. The zero-order valence-electron chi connectivity index (χ0n) is 20.9. The molecular formula is C28H28N2O6S. The molecule has 9 heteroatoms. The van der Waals surface area contributed by atoms with Crippen LogP contribution in [0.1, 0.15) is 31.0 Å². The molecule has 1 aromatic heterocycles. The molecule has 0 amide bonds. The minimum atomic E-state index is -0.747. The summed E-state index contributed by atoms with van der Waals surface area (Å²) in [6, 6.07) is 12.1. The van der Waals surface area contributed by atoms with Gasteiger partial charge in [-0.2, -0.15) is 0 Å². The van der Waals surface area contributed by atoms with E-state index in [4.69, 9.17) is 18.9 Å². The van der Waals surface area contributed by atoms with Crippen molar-refractivity contribution in [2.24, 2.45) is 4.99 Å². The molecule has 2 aromatic carbocycles. The number of carbonyl (C=O) groups excluding carboxylic acids is 1. The Morgan fingerprint density at radius 3 is 2.62 bits per heavy atom. The van der Waals surface area contributed by atoms with Crippen LogP contribution < -0.4 is 29.1 Å². The summed E-state index contributed by atoms with van der Waals surface area (Å²) in [7, 11) is 1.30. The SMILES string of the molecule is C=CCOc1cccc(/C=c2/sc3n(c2=O)[C@@H](c2ccc(OCC)c(OCC)c2)C(C(=O)OC)=CN=3)c1. The molecule has 8 nitrogen and oxygen atoms in total. The minimum Gasteiger partial charge on any atom is -0.490 e. The molecule has 3 aromatic rings. The Bertz CT molecular complexity index is 1520. The largest absolute Gasteiger partial charge is 0.490 e. The lowest BCUT2D eigenvalue weighted by Gasteiger charge is -2.23. The second-order valence-electron chi connectivity index (χ2n) is 7.92. The topological polar surface area (TPSA) is 88.3 Å². The van der Waals surface area contributed by atoms with Crippen LogP contribution >= 0.6 is 11.3 Å². The van der Waals surface area contributed by atoms with Crippen molar-refractivity contribution in [1.82, 2.24) is 4.57 Å². The smallest absolute Gasteiger partial charge is 0.337 e. The Kier molecular flexibility index (Phi) is 8.25. The predicted molar refractivity (Wildman–Crippen MR) is 142 cm³/mol. The van der Waals surface area contributed by atoms with Gasteiger partial charge in [0.1, 0.15) is 12.4 Å². The number of thiazole rings is 1. The lowest BCUT2D eigenvalue weighted by Crippen LogP contribution is -2.39. The summed E-state index contributed by atoms with van der Waals surface area (Å²) in [4.78, 5) is 31.3. The van der Waals surface area contributed by atoms with Crippen LogP contribution in [-0.4, -0.2) is 37.5 Å². The van der Waals surface area contributed by atoms with Gasteiger partial charge in [0.25, 0.3) is 5.56 Å². The fraction of sp³-hybridized carbons (Fsp3) is 0.250. The highest BCUT2D eigenvalue weighted by molar-refractivity contribution is 7.07. The number of hydrogen-bond acceptors (Lipinski definition) is 8. The quantitative estimate of drug-likeness (QED) is 0.301. The average Bonchev–Trinajstić information content (AvgIpc) is 3.22. The third-order valence-corrected chi connectivity index (χ3v) is 6.53. The van der Waals surface area contributed by atoms with E-state index >= 15 is 0 Å². The molecule has 1 atom stereocenters. The van der Waals surface area contributed by atoms with Gasteiger partial charge >= 0.3 is 5.97 Å². The van der Waals surface area contributed by atoms with E-state index in [9.17, 15) is 9.59 Å². The van der Waals surface area contributed by atoms with Crippen LogP contribution in [0.5, 0.6) is 17.2 Å². The molecule has 0 aliphatic carbocycles. The first kappa shape index (κ1) is 26.0. The molecule has 0 unspecified atom stereocenters. The average molecular weight is 521 g/mol. The number of rotatable bonds is 10. The predicted octanol–water partition coefficient (Wildman–Crippen LogP) is 3.38. The molecule has 2 heterocycles. The molecule has 0 bridgehead atoms. The summed E-state index contributed by atoms with van der Waals surface area (Å²) in [5, 5.41) is 0. The Balaban J connectivity index is 1.85. The third-order valence-electron chi connectivity index (χ3n) is 5.53. The van der Waals surface area contributed by atoms with E-state index in [1.54, 1.807) is 24.3 Å². The lowest BCUT2D eigenvalue weighted by atomic mass is 9.97. The van der Waals surface area contributed by atoms with Crippen molar-refractivity contribution < 1.29 is 23.7 Å². The van der Waals surface area contributed by atoms with E-state index in [1.165, 1.54) is 29.2 Å². The van der Waals surface area contributed by atoms with Crippen LogP contribution in [0.25, 0.3) is 6.08 Å². The summed E-state index contributed by atoms with van der Waals surface area (Å²) < 4.78 is 24.1. The van der Waals surface area contributed by atoms with E-state index in [-0.39, 0.29) is 11.1 Å². The first-order valence-electron chi connectivity index (χ1n) is 11.8. The Labute approximate surface area is 218 Å². The zero-order chi connectivity index (χ0) is 26.4. The van der Waals surface area contributed by atoms with Crippen LogP contribution in [0.3, 0.4) is 0 Å². The highest BCUT2D eigenvalue weighted by Crippen LogP contribution is 2.35.